The number of anilines is 2. The second-order valence-electron chi connectivity index (χ2n) is 7.83. The average Bonchev–Trinajstić information content (AvgIpc) is 3.16. The molecule has 34 heavy (non-hydrogen) atoms. The lowest BCUT2D eigenvalue weighted by atomic mass is 10.1. The van der Waals surface area contributed by atoms with E-state index >= 15 is 0 Å². The highest BCUT2D eigenvalue weighted by Crippen LogP contribution is 2.36. The number of nitrogens with zero attached hydrogens (tertiary/aromatic N) is 1. The summed E-state index contributed by atoms with van der Waals surface area (Å²) in [5, 5.41) is 0. The predicted molar refractivity (Wildman–Crippen MR) is 132 cm³/mol. The summed E-state index contributed by atoms with van der Waals surface area (Å²) in [5.41, 5.74) is 3.73. The molecule has 0 fully saturated rings. The molecule has 5 nitrogen and oxygen atoms in total. The van der Waals surface area contributed by atoms with Crippen LogP contribution in [-0.2, 0) is 0 Å². The number of para-hydroxylation sites is 2. The molecule has 1 aliphatic heterocycles. The van der Waals surface area contributed by atoms with Gasteiger partial charge in [-0.05, 0) is 60.5 Å². The molecule has 0 bridgehead atoms. The summed E-state index contributed by atoms with van der Waals surface area (Å²) >= 11 is 0. The molecule has 0 radical (unpaired) electrons. The van der Waals surface area contributed by atoms with Gasteiger partial charge in [-0.2, -0.15) is 0 Å². The summed E-state index contributed by atoms with van der Waals surface area (Å²) in [6.45, 7) is 1.97. The maximum atomic E-state index is 13.2. The van der Waals surface area contributed by atoms with Gasteiger partial charge >= 0.3 is 6.09 Å². The van der Waals surface area contributed by atoms with Gasteiger partial charge in [-0.15, -0.1) is 0 Å². The van der Waals surface area contributed by atoms with Crippen LogP contribution in [-0.4, -0.2) is 11.9 Å². The van der Waals surface area contributed by atoms with Crippen LogP contribution < -0.4 is 14.4 Å². The molecule has 0 unspecified atom stereocenters. The second kappa shape index (κ2) is 9.08. The summed E-state index contributed by atoms with van der Waals surface area (Å²) in [7, 11) is 0. The van der Waals surface area contributed by atoms with Gasteiger partial charge in [0.2, 0.25) is 5.78 Å². The van der Waals surface area contributed by atoms with Gasteiger partial charge in [0.25, 0.3) is 0 Å². The number of carbonyl (C=O) groups is 2. The lowest BCUT2D eigenvalue weighted by Gasteiger charge is -2.22. The smallest absolute Gasteiger partial charge is 0.424 e. The van der Waals surface area contributed by atoms with Crippen molar-refractivity contribution in [3.63, 3.8) is 0 Å². The highest BCUT2D eigenvalue weighted by atomic mass is 16.6. The third kappa shape index (κ3) is 4.19. The zero-order valence-electron chi connectivity index (χ0n) is 18.5. The summed E-state index contributed by atoms with van der Waals surface area (Å²) in [5.74, 6) is 0.681. The Morgan fingerprint density at radius 3 is 2.09 bits per heavy atom. The number of ether oxygens (including phenoxy) is 2. The predicted octanol–water partition coefficient (Wildman–Crippen LogP) is 6.95. The minimum absolute atomic E-state index is 0.202. The van der Waals surface area contributed by atoms with Crippen LogP contribution in [0.1, 0.15) is 21.5 Å². The molecular weight excluding hydrogens is 426 g/mol. The van der Waals surface area contributed by atoms with Crippen LogP contribution in [0.4, 0.5) is 16.2 Å². The number of amides is 1. The van der Waals surface area contributed by atoms with Crippen molar-refractivity contribution in [1.82, 2.24) is 0 Å². The third-order valence-corrected chi connectivity index (χ3v) is 5.53. The van der Waals surface area contributed by atoms with E-state index in [9.17, 15) is 9.59 Å². The first-order chi connectivity index (χ1) is 16.6. The zero-order valence-corrected chi connectivity index (χ0v) is 18.5. The van der Waals surface area contributed by atoms with E-state index in [1.165, 1.54) is 4.90 Å². The fourth-order valence-electron chi connectivity index (χ4n) is 3.78. The Bertz CT molecular complexity index is 1350. The van der Waals surface area contributed by atoms with Crippen molar-refractivity contribution in [2.45, 2.75) is 6.92 Å². The molecule has 0 saturated heterocycles. The standard InChI is InChI=1S/C29H21NO4/c1-20-10-8-9-11-21(20)18-27-28(31)25-17-16-24(19-26(25)34-27)33-29(32)30(22-12-4-2-5-13-22)23-14-6-3-7-15-23/h2-19H,1H3/b27-18-. The van der Waals surface area contributed by atoms with Gasteiger partial charge in [-0.3, -0.25) is 4.79 Å². The van der Waals surface area contributed by atoms with E-state index in [1.54, 1.807) is 24.3 Å². The van der Waals surface area contributed by atoms with Crippen LogP contribution in [0.3, 0.4) is 0 Å². The molecule has 0 spiro atoms. The molecule has 1 aliphatic rings. The van der Waals surface area contributed by atoms with Crippen molar-refractivity contribution in [3.05, 3.63) is 126 Å². The molecule has 1 heterocycles. The van der Waals surface area contributed by atoms with Gasteiger partial charge in [0.05, 0.1) is 16.9 Å². The highest BCUT2D eigenvalue weighted by molar-refractivity contribution is 6.14. The van der Waals surface area contributed by atoms with Crippen molar-refractivity contribution >= 4 is 29.3 Å². The van der Waals surface area contributed by atoms with E-state index in [2.05, 4.69) is 0 Å². The molecule has 5 rings (SSSR count). The summed E-state index contributed by atoms with van der Waals surface area (Å²) in [6.07, 6.45) is 1.16. The zero-order chi connectivity index (χ0) is 23.5. The minimum atomic E-state index is -0.572. The Morgan fingerprint density at radius 2 is 1.44 bits per heavy atom. The number of carbonyl (C=O) groups excluding carboxylic acids is 2. The fraction of sp³-hybridized carbons (Fsp3) is 0.0345. The number of benzene rings is 4. The van der Waals surface area contributed by atoms with Gasteiger partial charge in [-0.1, -0.05) is 60.7 Å². The monoisotopic (exact) mass is 447 g/mol. The van der Waals surface area contributed by atoms with Crippen molar-refractivity contribution in [2.75, 3.05) is 4.90 Å². The number of aryl methyl sites for hydroxylation is 1. The van der Waals surface area contributed by atoms with E-state index in [-0.39, 0.29) is 17.3 Å². The van der Waals surface area contributed by atoms with Gasteiger partial charge in [0.1, 0.15) is 11.5 Å². The molecule has 0 aromatic heterocycles. The first-order valence-electron chi connectivity index (χ1n) is 10.9. The Labute approximate surface area is 197 Å². The number of hydrogen-bond acceptors (Lipinski definition) is 4. The van der Waals surface area contributed by atoms with Crippen LogP contribution in [0.25, 0.3) is 6.08 Å². The summed E-state index contributed by atoms with van der Waals surface area (Å²) in [4.78, 5) is 27.5. The molecule has 1 amide bonds. The van der Waals surface area contributed by atoms with Crippen molar-refractivity contribution < 1.29 is 19.1 Å². The van der Waals surface area contributed by atoms with E-state index in [0.29, 0.717) is 22.7 Å². The maximum absolute atomic E-state index is 13.2. The number of hydrogen-bond donors (Lipinski definition) is 0. The fourth-order valence-corrected chi connectivity index (χ4v) is 3.78. The third-order valence-electron chi connectivity index (χ3n) is 5.53. The lowest BCUT2D eigenvalue weighted by molar-refractivity contribution is 0.101. The normalized spacial score (nSPS) is 13.3. The molecule has 0 N–H and O–H groups in total. The van der Waals surface area contributed by atoms with Crippen LogP contribution in [0, 0.1) is 6.92 Å². The summed E-state index contributed by atoms with van der Waals surface area (Å²) < 4.78 is 11.5. The van der Waals surface area contributed by atoms with Crippen molar-refractivity contribution in [1.29, 1.82) is 0 Å². The van der Waals surface area contributed by atoms with Gasteiger partial charge in [-0.25, -0.2) is 9.69 Å². The number of Topliss-reactive ketones (excluding diaryl/α,β-unsaturated/α-hetero) is 1. The van der Waals surface area contributed by atoms with Gasteiger partial charge < -0.3 is 9.47 Å². The lowest BCUT2D eigenvalue weighted by Crippen LogP contribution is -2.29. The summed E-state index contributed by atoms with van der Waals surface area (Å²) in [6, 6.07) is 31.1. The van der Waals surface area contributed by atoms with E-state index in [1.807, 2.05) is 91.9 Å². The highest BCUT2D eigenvalue weighted by Gasteiger charge is 2.29. The topological polar surface area (TPSA) is 55.8 Å². The number of allylic oxidation sites excluding steroid dienone is 1. The number of fused-ring (bicyclic) bond motifs is 1. The Hall–Kier alpha value is -4.64. The first kappa shape index (κ1) is 21.2. The Morgan fingerprint density at radius 1 is 0.824 bits per heavy atom. The Balaban J connectivity index is 1.41. The van der Waals surface area contributed by atoms with Gasteiger partial charge in [0, 0.05) is 6.07 Å². The molecule has 4 aromatic carbocycles. The molecule has 0 saturated carbocycles. The maximum Gasteiger partial charge on any atom is 0.424 e. The first-order valence-corrected chi connectivity index (χ1v) is 10.9. The molecule has 0 aliphatic carbocycles. The quantitative estimate of drug-likeness (QED) is 0.318. The largest absolute Gasteiger partial charge is 0.452 e. The average molecular weight is 447 g/mol. The SMILES string of the molecule is Cc1ccccc1/C=C1\Oc2cc(OC(=O)N(c3ccccc3)c3ccccc3)ccc2C1=O. The van der Waals surface area contributed by atoms with Crippen LogP contribution in [0.2, 0.25) is 0 Å². The van der Waals surface area contributed by atoms with Crippen LogP contribution >= 0.6 is 0 Å². The molecule has 4 aromatic rings. The van der Waals surface area contributed by atoms with E-state index < -0.39 is 6.09 Å². The second-order valence-corrected chi connectivity index (χ2v) is 7.83. The molecule has 5 heteroatoms. The number of rotatable bonds is 4. The Kier molecular flexibility index (Phi) is 5.67. The minimum Gasteiger partial charge on any atom is -0.452 e. The van der Waals surface area contributed by atoms with Gasteiger partial charge in [0.15, 0.2) is 5.76 Å². The number of ketones is 1. The van der Waals surface area contributed by atoms with Crippen LogP contribution in [0.15, 0.2) is 109 Å². The van der Waals surface area contributed by atoms with E-state index in [0.717, 1.165) is 11.1 Å². The molecular formula is C29H21NO4. The van der Waals surface area contributed by atoms with Crippen molar-refractivity contribution in [2.24, 2.45) is 0 Å². The van der Waals surface area contributed by atoms with Crippen LogP contribution in [0.5, 0.6) is 11.5 Å². The van der Waals surface area contributed by atoms with E-state index in [4.69, 9.17) is 9.47 Å². The molecule has 0 atom stereocenters. The molecule has 166 valence electrons. The van der Waals surface area contributed by atoms with Crippen molar-refractivity contribution in [3.8, 4) is 11.5 Å².